The van der Waals surface area contributed by atoms with Crippen molar-refractivity contribution in [1.29, 1.82) is 0 Å². The number of guanidine groups is 1. The van der Waals surface area contributed by atoms with Crippen molar-refractivity contribution in [3.05, 3.63) is 0 Å². The maximum Gasteiger partial charge on any atom is 0.220 e. The first-order valence-corrected chi connectivity index (χ1v) is 8.93. The lowest BCUT2D eigenvalue weighted by Crippen LogP contribution is -2.52. The zero-order valence-corrected chi connectivity index (χ0v) is 16.6. The summed E-state index contributed by atoms with van der Waals surface area (Å²) >= 11 is 0. The molecule has 1 spiro atoms. The number of hydrogen-bond donors (Lipinski definition) is 2. The van der Waals surface area contributed by atoms with E-state index in [1.807, 2.05) is 7.05 Å². The van der Waals surface area contributed by atoms with Crippen LogP contribution in [0.5, 0.6) is 0 Å². The second-order valence-corrected chi connectivity index (χ2v) is 7.41. The van der Waals surface area contributed by atoms with Crippen molar-refractivity contribution >= 4 is 35.8 Å². The Bertz CT molecular complexity index is 436. The molecule has 1 atom stereocenters. The molecule has 0 aromatic heterocycles. The van der Waals surface area contributed by atoms with Crippen LogP contribution in [0.3, 0.4) is 0 Å². The molecule has 1 amide bonds. The third-order valence-corrected chi connectivity index (χ3v) is 5.64. The number of nitrogens with one attached hydrogen (secondary N) is 2. The fourth-order valence-corrected chi connectivity index (χ4v) is 4.39. The molecule has 3 aliphatic rings. The molecular weight excluding hydrogens is 403 g/mol. The Morgan fingerprint density at radius 3 is 2.78 bits per heavy atom. The van der Waals surface area contributed by atoms with Crippen molar-refractivity contribution in [1.82, 2.24) is 15.5 Å². The van der Waals surface area contributed by atoms with Gasteiger partial charge in [0.1, 0.15) is 0 Å². The van der Waals surface area contributed by atoms with Gasteiger partial charge < -0.3 is 15.5 Å². The molecule has 1 saturated carbocycles. The van der Waals surface area contributed by atoms with Gasteiger partial charge in [0, 0.05) is 45.1 Å². The highest BCUT2D eigenvalue weighted by Crippen LogP contribution is 2.36. The van der Waals surface area contributed by atoms with E-state index in [2.05, 4.69) is 20.5 Å². The summed E-state index contributed by atoms with van der Waals surface area (Å²) < 4.78 is 0. The highest BCUT2D eigenvalue weighted by atomic mass is 127. The summed E-state index contributed by atoms with van der Waals surface area (Å²) in [6.45, 7) is 3.89. The number of nitrogens with zero attached hydrogens (tertiary/aromatic N) is 2. The van der Waals surface area contributed by atoms with Crippen molar-refractivity contribution in [2.75, 3.05) is 33.2 Å². The fourth-order valence-electron chi connectivity index (χ4n) is 4.39. The predicted molar refractivity (Wildman–Crippen MR) is 104 cm³/mol. The maximum atomic E-state index is 11.6. The fraction of sp³-hybridized carbons (Fsp3) is 0.882. The SMILES string of the molecule is CN=C(NCC1CCCCC1)N1CCCC2(CNC(=O)C2)C1.I. The molecule has 3 fully saturated rings. The Balaban J connectivity index is 0.00000192. The molecule has 2 N–H and O–H groups in total. The predicted octanol–water partition coefficient (Wildman–Crippen LogP) is 2.36. The maximum absolute atomic E-state index is 11.6. The van der Waals surface area contributed by atoms with Gasteiger partial charge in [-0.2, -0.15) is 0 Å². The molecule has 0 aromatic carbocycles. The van der Waals surface area contributed by atoms with Crippen molar-refractivity contribution < 1.29 is 4.79 Å². The number of hydrogen-bond acceptors (Lipinski definition) is 2. The second kappa shape index (κ2) is 8.53. The monoisotopic (exact) mass is 434 g/mol. The lowest BCUT2D eigenvalue weighted by Gasteiger charge is -2.41. The lowest BCUT2D eigenvalue weighted by atomic mass is 9.79. The number of halogens is 1. The normalized spacial score (nSPS) is 29.3. The molecule has 23 heavy (non-hydrogen) atoms. The van der Waals surface area contributed by atoms with Gasteiger partial charge in [-0.3, -0.25) is 9.79 Å². The van der Waals surface area contributed by atoms with E-state index in [-0.39, 0.29) is 35.3 Å². The van der Waals surface area contributed by atoms with Gasteiger partial charge in [-0.15, -0.1) is 24.0 Å². The van der Waals surface area contributed by atoms with Gasteiger partial charge in [-0.05, 0) is 31.6 Å². The average Bonchev–Trinajstić information content (AvgIpc) is 2.89. The van der Waals surface area contributed by atoms with Crippen LogP contribution in [-0.4, -0.2) is 50.0 Å². The van der Waals surface area contributed by atoms with Crippen LogP contribution >= 0.6 is 24.0 Å². The highest BCUT2D eigenvalue weighted by molar-refractivity contribution is 14.0. The van der Waals surface area contributed by atoms with Gasteiger partial charge >= 0.3 is 0 Å². The van der Waals surface area contributed by atoms with Gasteiger partial charge in [0.25, 0.3) is 0 Å². The van der Waals surface area contributed by atoms with Crippen LogP contribution in [-0.2, 0) is 4.79 Å². The van der Waals surface area contributed by atoms with Gasteiger partial charge in [-0.1, -0.05) is 19.3 Å². The van der Waals surface area contributed by atoms with Gasteiger partial charge in [0.2, 0.25) is 5.91 Å². The number of rotatable bonds is 2. The Labute approximate surface area is 157 Å². The number of carbonyl (C=O) groups is 1. The van der Waals surface area contributed by atoms with Crippen LogP contribution < -0.4 is 10.6 Å². The molecule has 0 aromatic rings. The van der Waals surface area contributed by atoms with Gasteiger partial charge in [0.15, 0.2) is 5.96 Å². The molecule has 2 saturated heterocycles. The zero-order valence-electron chi connectivity index (χ0n) is 14.3. The van der Waals surface area contributed by atoms with Crippen molar-refractivity contribution in [3.8, 4) is 0 Å². The molecule has 0 bridgehead atoms. The molecule has 5 nitrogen and oxygen atoms in total. The molecule has 1 aliphatic carbocycles. The number of aliphatic imine (C=N–C) groups is 1. The Morgan fingerprint density at radius 2 is 2.13 bits per heavy atom. The van der Waals surface area contributed by atoms with E-state index in [9.17, 15) is 4.79 Å². The van der Waals surface area contributed by atoms with Crippen LogP contribution in [0, 0.1) is 11.3 Å². The minimum Gasteiger partial charge on any atom is -0.356 e. The van der Waals surface area contributed by atoms with Crippen LogP contribution in [0.1, 0.15) is 51.4 Å². The number of amides is 1. The van der Waals surface area contributed by atoms with Crippen LogP contribution in [0.4, 0.5) is 0 Å². The largest absolute Gasteiger partial charge is 0.356 e. The van der Waals surface area contributed by atoms with E-state index in [0.29, 0.717) is 6.42 Å². The Kier molecular flexibility index (Phi) is 6.98. The Morgan fingerprint density at radius 1 is 1.35 bits per heavy atom. The number of piperidine rings is 1. The topological polar surface area (TPSA) is 56.7 Å². The molecule has 2 heterocycles. The minimum absolute atomic E-state index is 0. The lowest BCUT2D eigenvalue weighted by molar-refractivity contribution is -0.119. The summed E-state index contributed by atoms with van der Waals surface area (Å²) in [5.41, 5.74) is 0.137. The van der Waals surface area contributed by atoms with E-state index in [1.54, 1.807) is 0 Å². The Hall–Kier alpha value is -0.530. The quantitative estimate of drug-likeness (QED) is 0.399. The van der Waals surface area contributed by atoms with Crippen molar-refractivity contribution in [2.24, 2.45) is 16.3 Å². The summed E-state index contributed by atoms with van der Waals surface area (Å²) in [5, 5.41) is 6.61. The van der Waals surface area contributed by atoms with E-state index < -0.39 is 0 Å². The first kappa shape index (κ1) is 18.8. The van der Waals surface area contributed by atoms with Crippen molar-refractivity contribution in [3.63, 3.8) is 0 Å². The standard InChI is InChI=1S/C17H30N4O.HI/c1-18-16(19-11-14-6-3-2-4-7-14)21-9-5-8-17(13-21)10-15(22)20-12-17;/h14H,2-13H2,1H3,(H,18,19)(H,20,22);1H. The molecular formula is C17H31IN4O. The zero-order chi connectivity index (χ0) is 15.4. The molecule has 6 heteroatoms. The molecule has 3 rings (SSSR count). The summed E-state index contributed by atoms with van der Waals surface area (Å²) in [4.78, 5) is 18.5. The van der Waals surface area contributed by atoms with Crippen LogP contribution in [0.2, 0.25) is 0 Å². The van der Waals surface area contributed by atoms with E-state index in [1.165, 1.54) is 32.1 Å². The van der Waals surface area contributed by atoms with Gasteiger partial charge in [0.05, 0.1) is 0 Å². The minimum atomic E-state index is 0. The smallest absolute Gasteiger partial charge is 0.220 e. The second-order valence-electron chi connectivity index (χ2n) is 7.41. The number of carbonyl (C=O) groups excluding carboxylic acids is 1. The molecule has 1 unspecified atom stereocenters. The summed E-state index contributed by atoms with van der Waals surface area (Å²) in [6, 6.07) is 0. The van der Waals surface area contributed by atoms with E-state index in [0.717, 1.165) is 50.9 Å². The average molecular weight is 434 g/mol. The van der Waals surface area contributed by atoms with Crippen LogP contribution in [0.15, 0.2) is 4.99 Å². The highest BCUT2D eigenvalue weighted by Gasteiger charge is 2.42. The molecule has 0 radical (unpaired) electrons. The first-order chi connectivity index (χ1) is 10.7. The van der Waals surface area contributed by atoms with E-state index >= 15 is 0 Å². The van der Waals surface area contributed by atoms with Crippen molar-refractivity contribution in [2.45, 2.75) is 51.4 Å². The van der Waals surface area contributed by atoms with Gasteiger partial charge in [-0.25, -0.2) is 0 Å². The molecule has 132 valence electrons. The van der Waals surface area contributed by atoms with Crippen LogP contribution in [0.25, 0.3) is 0 Å². The third-order valence-electron chi connectivity index (χ3n) is 5.64. The first-order valence-electron chi connectivity index (χ1n) is 8.93. The third kappa shape index (κ3) is 4.73. The summed E-state index contributed by atoms with van der Waals surface area (Å²) in [6.07, 6.45) is 9.86. The summed E-state index contributed by atoms with van der Waals surface area (Å²) in [5.74, 6) is 2.05. The molecule has 2 aliphatic heterocycles. The van der Waals surface area contributed by atoms with E-state index in [4.69, 9.17) is 0 Å². The summed E-state index contributed by atoms with van der Waals surface area (Å²) in [7, 11) is 1.88. The number of likely N-dealkylation sites (tertiary alicyclic amines) is 1.